The first-order valence-electron chi connectivity index (χ1n) is 41.8. The molecule has 8 bridgehead atoms. The quantitative estimate of drug-likeness (QED) is 0.156. The van der Waals surface area contributed by atoms with Gasteiger partial charge in [0.2, 0.25) is 0 Å². The number of hydrogen-bond donors (Lipinski definition) is 2. The van der Waals surface area contributed by atoms with Gasteiger partial charge in [-0.1, -0.05) is 180 Å². The number of hydrogen-bond acceptors (Lipinski definition) is 9. The standard InChI is InChI=1S/C52H59N5O2.C27H39BN2O4.C16H12Br2/c1-52(2,3)59-51(58)57-47-11-7-6-10-39(47)30-48(57)50-54-44-23-21-38(29-46(44)56-50)42-25-32-13-17-33-16-12-31(14-18-34(42)19-15-32)24-41(33)37-20-22-43-45(28-37)55-49(53-43)40-26-35-8-4-5-9-36(35)27-40;1-25(2,3)32-24(31)30-22-11-9-8-10-18(22)15-23(30)21-14-17-12-13-19(16-20(17)29-21)28-33-26(4,5)27(6,7)34-28;17-15-9-11-1-5-13(15)8-4-12-2-6-14(7-3-11)16(18)10-12/h12,15-16,19-25,28-29,35-36,39-40,47-48H,4-11,13-14,17-18,26-27,30H2,1-3H3,(H,53,55)(H,54,56);12-13,16,18,22-23H,8-11,14-15H2,1-7H3;1-3,5-7,9-10H,4,8H2. The summed E-state index contributed by atoms with van der Waals surface area (Å²) in [5.74, 6) is 5.51. The van der Waals surface area contributed by atoms with Crippen molar-refractivity contribution in [3.05, 3.63) is 198 Å². The zero-order valence-corrected chi connectivity index (χ0v) is 69.9. The second-order valence-electron chi connectivity index (χ2n) is 37.0. The summed E-state index contributed by atoms with van der Waals surface area (Å²) in [6.45, 7) is 20.0. The Morgan fingerprint density at radius 3 is 1.56 bits per heavy atom. The van der Waals surface area contributed by atoms with E-state index in [9.17, 15) is 9.59 Å². The topological polar surface area (TPSA) is 147 Å². The van der Waals surface area contributed by atoms with Crippen LogP contribution in [-0.4, -0.2) is 95.3 Å². The number of benzene rings is 7. The summed E-state index contributed by atoms with van der Waals surface area (Å²) < 4.78 is 26.7. The van der Waals surface area contributed by atoms with Gasteiger partial charge in [0, 0.05) is 39.1 Å². The van der Waals surface area contributed by atoms with Gasteiger partial charge in [-0.05, 0) is 303 Å². The molecule has 4 aliphatic heterocycles. The van der Waals surface area contributed by atoms with Crippen LogP contribution in [0.15, 0.2) is 141 Å². The lowest BCUT2D eigenvalue weighted by molar-refractivity contribution is 0.00578. The predicted octanol–water partition coefficient (Wildman–Crippen LogP) is 23.2. The predicted molar refractivity (Wildman–Crippen MR) is 456 cm³/mol. The van der Waals surface area contributed by atoms with Crippen molar-refractivity contribution in [1.29, 1.82) is 0 Å². The van der Waals surface area contributed by atoms with E-state index in [4.69, 9.17) is 33.7 Å². The summed E-state index contributed by atoms with van der Waals surface area (Å²) in [6.07, 6.45) is 30.2. The lowest BCUT2D eigenvalue weighted by Gasteiger charge is -2.35. The number of amides is 2. The average Bonchev–Trinajstić information content (AvgIpc) is 1.62. The van der Waals surface area contributed by atoms with Crippen molar-refractivity contribution in [3.63, 3.8) is 0 Å². The van der Waals surface area contributed by atoms with Crippen LogP contribution in [0.25, 0.3) is 56.5 Å². The van der Waals surface area contributed by atoms with Gasteiger partial charge in [-0.25, -0.2) is 19.6 Å². The van der Waals surface area contributed by atoms with Crippen molar-refractivity contribution >= 4 is 102 Å². The zero-order valence-electron chi connectivity index (χ0n) is 66.8. The van der Waals surface area contributed by atoms with Crippen molar-refractivity contribution in [2.75, 3.05) is 0 Å². The Balaban J connectivity index is 0.000000144. The molecule has 7 fully saturated rings. The molecule has 16 heteroatoms. The highest BCUT2D eigenvalue weighted by Gasteiger charge is 2.53. The molecule has 7 aromatic carbocycles. The van der Waals surface area contributed by atoms with Gasteiger partial charge in [-0.2, -0.15) is 0 Å². The van der Waals surface area contributed by atoms with Gasteiger partial charge in [0.15, 0.2) is 0 Å². The molecule has 8 unspecified atom stereocenters. The number of rotatable bonds is 6. The summed E-state index contributed by atoms with van der Waals surface area (Å²) in [5, 5.41) is 0. The monoisotopic (exact) mass is 1610 g/mol. The van der Waals surface area contributed by atoms with Crippen LogP contribution < -0.4 is 5.46 Å². The van der Waals surface area contributed by atoms with Crippen LogP contribution in [-0.2, 0) is 63.7 Å². The maximum Gasteiger partial charge on any atom is 0.494 e. The molecule has 8 atom stereocenters. The summed E-state index contributed by atoms with van der Waals surface area (Å²) >= 11 is 7.30. The normalized spacial score (nSPS) is 24.8. The minimum Gasteiger partial charge on any atom is -0.444 e. The van der Waals surface area contributed by atoms with E-state index in [1.807, 2.05) is 51.3 Å². The number of likely N-dealkylation sites (tertiary alicyclic amines) is 2. The summed E-state index contributed by atoms with van der Waals surface area (Å²) in [6, 6.07) is 47.9. The number of halogens is 2. The number of ether oxygens (including phenoxy) is 2. The number of aromatic amines is 2. The lowest BCUT2D eigenvalue weighted by atomic mass is 9.78. The molecule has 2 amide bonds. The number of imidazole rings is 2. The number of aliphatic imine (C=N–C) groups is 1. The largest absolute Gasteiger partial charge is 0.494 e. The molecule has 13 nitrogen and oxygen atoms in total. The Morgan fingerprint density at radius 1 is 0.495 bits per heavy atom. The molecule has 111 heavy (non-hydrogen) atoms. The second kappa shape index (κ2) is 30.6. The first-order valence-corrected chi connectivity index (χ1v) is 43.4. The highest BCUT2D eigenvalue weighted by atomic mass is 79.9. The number of aryl methyl sites for hydroxylation is 6. The first-order chi connectivity index (χ1) is 53.3. The molecule has 9 aromatic rings. The summed E-state index contributed by atoms with van der Waals surface area (Å²) in [4.78, 5) is 54.0. The van der Waals surface area contributed by atoms with E-state index < -0.39 is 18.3 Å². The fourth-order valence-corrected chi connectivity index (χ4v) is 21.3. The van der Waals surface area contributed by atoms with E-state index in [1.54, 1.807) is 0 Å². The van der Waals surface area contributed by atoms with E-state index in [1.165, 1.54) is 157 Å². The molecule has 578 valence electrons. The van der Waals surface area contributed by atoms with Crippen molar-refractivity contribution in [1.82, 2.24) is 29.7 Å². The smallest absolute Gasteiger partial charge is 0.444 e. The van der Waals surface area contributed by atoms with Crippen LogP contribution >= 0.6 is 31.9 Å². The first kappa shape index (κ1) is 76.0. The van der Waals surface area contributed by atoms with Crippen molar-refractivity contribution in [2.24, 2.45) is 28.7 Å². The molecule has 2 aromatic heterocycles. The Bertz CT molecular complexity index is 5070. The van der Waals surface area contributed by atoms with E-state index >= 15 is 0 Å². The maximum atomic E-state index is 13.7. The Labute approximate surface area is 674 Å². The number of nitrogens with one attached hydrogen (secondary N) is 2. The van der Waals surface area contributed by atoms with Crippen molar-refractivity contribution in [3.8, 4) is 22.3 Å². The number of nitrogens with zero attached hydrogens (tertiary/aromatic N) is 5. The Morgan fingerprint density at radius 2 is 0.991 bits per heavy atom. The number of aromatic nitrogens is 4. The van der Waals surface area contributed by atoms with Crippen LogP contribution in [0.4, 0.5) is 15.3 Å². The summed E-state index contributed by atoms with van der Waals surface area (Å²) in [5.41, 5.74) is 22.5. The fraction of sp³-hybridized carbons (Fsp3) is 0.484. The number of fused-ring (bicyclic) bond motifs is 6. The van der Waals surface area contributed by atoms with Crippen LogP contribution in [0.1, 0.15) is 246 Å². The van der Waals surface area contributed by atoms with Crippen LogP contribution in [0.3, 0.4) is 0 Å². The minimum atomic E-state index is -0.541. The number of carbonyl (C=O) groups excluding carboxylic acids is 2. The SMILES string of the molecule is Brc1cc2ccc1C=Cc1ccc(c(Br)c1)CC2.CC(C)(C)OC(=O)N1C(C2=Nc3cc(B4OC(C)(C)C(C)(C)O4)ccc3C2)CC2CCCCC21.CC(C)(C)OC(=O)N1C(c2nc3ccc(-c4cc5ccc4CCc4ccc(c(-c6ccc7nc(C8CC9CCCCC9C8)[nH]c7c6)c4)CC5)cc3[nH]2)CC2CCCCC21. The van der Waals surface area contributed by atoms with Crippen molar-refractivity contribution in [2.45, 2.75) is 269 Å². The third kappa shape index (κ3) is 16.1. The van der Waals surface area contributed by atoms with E-state index in [0.717, 1.165) is 135 Å². The molecule has 4 saturated carbocycles. The second-order valence-corrected chi connectivity index (χ2v) is 38.7. The molecule has 25 rings (SSSR count). The fourth-order valence-electron chi connectivity index (χ4n) is 20.1. The molecule has 0 spiro atoms. The van der Waals surface area contributed by atoms with Gasteiger partial charge in [0.1, 0.15) is 22.9 Å². The minimum absolute atomic E-state index is 0.00986. The zero-order chi connectivity index (χ0) is 76.8. The van der Waals surface area contributed by atoms with Gasteiger partial charge >= 0.3 is 19.3 Å². The average molecular weight is 1620 g/mol. The molecule has 3 saturated heterocycles. The van der Waals surface area contributed by atoms with Gasteiger partial charge in [0.25, 0.3) is 0 Å². The highest BCUT2D eigenvalue weighted by Crippen LogP contribution is 2.51. The molecular weight excluding hydrogens is 1510 g/mol. The Hall–Kier alpha value is -7.63. The number of carbonyl (C=O) groups is 2. The third-order valence-electron chi connectivity index (χ3n) is 26.6. The van der Waals surface area contributed by atoms with Gasteiger partial charge < -0.3 is 28.8 Å². The van der Waals surface area contributed by atoms with Gasteiger partial charge in [0.05, 0.1) is 51.0 Å². The molecular formula is C95H110BBr2N7O6. The van der Waals surface area contributed by atoms with Crippen LogP contribution in [0, 0.1) is 23.7 Å². The molecule has 12 aliphatic carbocycles. The maximum absolute atomic E-state index is 13.7. The van der Waals surface area contributed by atoms with Gasteiger partial charge in [-0.15, -0.1) is 0 Å². The van der Waals surface area contributed by atoms with E-state index in [2.05, 4.69) is 209 Å². The van der Waals surface area contributed by atoms with Gasteiger partial charge in [-0.3, -0.25) is 14.8 Å². The molecule has 16 aliphatic rings. The van der Waals surface area contributed by atoms with Crippen LogP contribution in [0.2, 0.25) is 0 Å². The van der Waals surface area contributed by atoms with E-state index in [0.29, 0.717) is 17.8 Å². The van der Waals surface area contributed by atoms with Crippen LogP contribution in [0.5, 0.6) is 0 Å². The van der Waals surface area contributed by atoms with Crippen molar-refractivity contribution < 1.29 is 28.4 Å². The molecule has 2 N–H and O–H groups in total. The highest BCUT2D eigenvalue weighted by molar-refractivity contribution is 9.10. The summed E-state index contributed by atoms with van der Waals surface area (Å²) in [7, 11) is -0.401. The molecule has 6 heterocycles. The lowest BCUT2D eigenvalue weighted by Crippen LogP contribution is -2.48. The van der Waals surface area contributed by atoms with E-state index in [-0.39, 0.29) is 47.6 Å². The molecule has 0 radical (unpaired) electrons. The number of H-pyrrole nitrogens is 2. The third-order valence-corrected chi connectivity index (χ3v) is 28.0. The Kier molecular flexibility index (Phi) is 21.0.